The zero-order valence-electron chi connectivity index (χ0n) is 12.3. The molecule has 0 aromatic rings. The number of likely N-dealkylation sites (tertiary alicyclic amines) is 1. The number of nitrogens with zero attached hydrogens (tertiary/aromatic N) is 1. The number of rotatable bonds is 3. The molecule has 2 saturated heterocycles. The monoisotopic (exact) mass is 284 g/mol. The van der Waals surface area contributed by atoms with Gasteiger partial charge in [-0.15, -0.1) is 0 Å². The van der Waals surface area contributed by atoms with Gasteiger partial charge in [0.1, 0.15) is 0 Å². The van der Waals surface area contributed by atoms with Crippen molar-refractivity contribution >= 4 is 12.0 Å². The van der Waals surface area contributed by atoms with E-state index < -0.39 is 11.4 Å². The van der Waals surface area contributed by atoms with Crippen LogP contribution >= 0.6 is 0 Å². The third-order valence-electron chi connectivity index (χ3n) is 4.45. The van der Waals surface area contributed by atoms with Crippen molar-refractivity contribution in [1.82, 2.24) is 10.2 Å². The van der Waals surface area contributed by atoms with Gasteiger partial charge >= 0.3 is 12.0 Å². The van der Waals surface area contributed by atoms with Gasteiger partial charge in [-0.05, 0) is 24.7 Å². The summed E-state index contributed by atoms with van der Waals surface area (Å²) in [6.07, 6.45) is 1.89. The van der Waals surface area contributed by atoms with Crippen molar-refractivity contribution in [3.8, 4) is 0 Å². The minimum atomic E-state index is -0.872. The highest BCUT2D eigenvalue weighted by Gasteiger charge is 2.41. The average molecular weight is 284 g/mol. The Balaban J connectivity index is 1.90. The first-order valence-electron chi connectivity index (χ1n) is 7.19. The van der Waals surface area contributed by atoms with Gasteiger partial charge in [0.05, 0.1) is 5.41 Å². The van der Waals surface area contributed by atoms with Crippen LogP contribution in [0, 0.1) is 10.8 Å². The van der Waals surface area contributed by atoms with Gasteiger partial charge in [-0.2, -0.15) is 0 Å². The van der Waals surface area contributed by atoms with E-state index in [0.717, 1.165) is 19.5 Å². The smallest absolute Gasteiger partial charge is 0.317 e. The first-order valence-corrected chi connectivity index (χ1v) is 7.19. The number of hydrogen-bond acceptors (Lipinski definition) is 3. The average Bonchev–Trinajstić information content (AvgIpc) is 2.77. The Morgan fingerprint density at radius 2 is 1.90 bits per heavy atom. The SMILES string of the molecule is CC1(C)CCN(C(=O)NCC2(C(=O)O)CCOCC2)C1. The molecule has 2 aliphatic rings. The zero-order valence-corrected chi connectivity index (χ0v) is 12.3. The van der Waals surface area contributed by atoms with Gasteiger partial charge in [-0.3, -0.25) is 4.79 Å². The Morgan fingerprint density at radius 1 is 1.25 bits per heavy atom. The van der Waals surface area contributed by atoms with Crippen molar-refractivity contribution in [3.05, 3.63) is 0 Å². The van der Waals surface area contributed by atoms with Crippen LogP contribution in [0.1, 0.15) is 33.1 Å². The maximum atomic E-state index is 12.1. The lowest BCUT2D eigenvalue weighted by Gasteiger charge is -2.33. The molecule has 0 aromatic heterocycles. The fourth-order valence-corrected chi connectivity index (χ4v) is 2.87. The van der Waals surface area contributed by atoms with Gasteiger partial charge in [0, 0.05) is 32.8 Å². The third kappa shape index (κ3) is 3.23. The van der Waals surface area contributed by atoms with Crippen molar-refractivity contribution < 1.29 is 19.4 Å². The van der Waals surface area contributed by atoms with E-state index in [1.54, 1.807) is 4.90 Å². The van der Waals surface area contributed by atoms with Crippen molar-refractivity contribution in [2.24, 2.45) is 10.8 Å². The van der Waals surface area contributed by atoms with Crippen LogP contribution in [0.2, 0.25) is 0 Å². The molecule has 0 aromatic carbocycles. The molecule has 0 atom stereocenters. The summed E-state index contributed by atoms with van der Waals surface area (Å²) in [4.78, 5) is 25.4. The summed E-state index contributed by atoms with van der Waals surface area (Å²) in [5.41, 5.74) is -0.719. The predicted octanol–water partition coefficient (Wildman–Crippen LogP) is 1.31. The fourth-order valence-electron chi connectivity index (χ4n) is 2.87. The quantitative estimate of drug-likeness (QED) is 0.819. The highest BCUT2D eigenvalue weighted by Crippen LogP contribution is 2.31. The molecule has 2 fully saturated rings. The molecule has 2 heterocycles. The molecule has 2 N–H and O–H groups in total. The van der Waals surface area contributed by atoms with Crippen molar-refractivity contribution in [2.45, 2.75) is 33.1 Å². The molecule has 6 nitrogen and oxygen atoms in total. The first-order chi connectivity index (χ1) is 9.35. The summed E-state index contributed by atoms with van der Waals surface area (Å²) in [7, 11) is 0. The molecule has 0 bridgehead atoms. The van der Waals surface area contributed by atoms with Crippen molar-refractivity contribution in [2.75, 3.05) is 32.8 Å². The Morgan fingerprint density at radius 3 is 2.40 bits per heavy atom. The summed E-state index contributed by atoms with van der Waals surface area (Å²) in [6.45, 7) is 6.80. The molecule has 0 aliphatic carbocycles. The minimum Gasteiger partial charge on any atom is -0.481 e. The second-order valence-corrected chi connectivity index (χ2v) is 6.69. The molecule has 2 aliphatic heterocycles. The van der Waals surface area contributed by atoms with Crippen LogP contribution in [-0.4, -0.2) is 54.9 Å². The van der Waals surface area contributed by atoms with E-state index in [-0.39, 0.29) is 18.0 Å². The van der Waals surface area contributed by atoms with Crippen LogP contribution in [0.15, 0.2) is 0 Å². The molecule has 114 valence electrons. The lowest BCUT2D eigenvalue weighted by molar-refractivity contribution is -0.154. The molecule has 6 heteroatoms. The highest BCUT2D eigenvalue weighted by atomic mass is 16.5. The van der Waals surface area contributed by atoms with Gasteiger partial charge in [0.25, 0.3) is 0 Å². The molecule has 2 rings (SSSR count). The van der Waals surface area contributed by atoms with Crippen LogP contribution in [0.25, 0.3) is 0 Å². The van der Waals surface area contributed by atoms with Gasteiger partial charge in [-0.25, -0.2) is 4.79 Å². The number of carbonyl (C=O) groups excluding carboxylic acids is 1. The fraction of sp³-hybridized carbons (Fsp3) is 0.857. The number of nitrogens with one attached hydrogen (secondary N) is 1. The van der Waals surface area contributed by atoms with Crippen molar-refractivity contribution in [3.63, 3.8) is 0 Å². The Bertz CT molecular complexity index is 389. The predicted molar refractivity (Wildman–Crippen MR) is 73.5 cm³/mol. The Labute approximate surface area is 119 Å². The Kier molecular flexibility index (Phi) is 4.22. The lowest BCUT2D eigenvalue weighted by atomic mass is 9.80. The van der Waals surface area contributed by atoms with Gasteiger partial charge in [0.2, 0.25) is 0 Å². The zero-order chi connectivity index (χ0) is 14.8. The number of ether oxygens (including phenoxy) is 1. The van der Waals surface area contributed by atoms with Crippen LogP contribution in [-0.2, 0) is 9.53 Å². The van der Waals surface area contributed by atoms with Gasteiger partial charge < -0.3 is 20.1 Å². The molecule has 0 unspecified atom stereocenters. The summed E-state index contributed by atoms with van der Waals surface area (Å²) in [6, 6.07) is -0.150. The van der Waals surface area contributed by atoms with E-state index in [0.29, 0.717) is 26.1 Å². The number of aliphatic carboxylic acids is 1. The van der Waals surface area contributed by atoms with E-state index in [4.69, 9.17) is 4.74 Å². The van der Waals surface area contributed by atoms with E-state index in [1.807, 2.05) is 0 Å². The summed E-state index contributed by atoms with van der Waals surface area (Å²) < 4.78 is 5.22. The molecule has 0 saturated carbocycles. The highest BCUT2D eigenvalue weighted by molar-refractivity contribution is 5.78. The van der Waals surface area contributed by atoms with Gasteiger partial charge in [0.15, 0.2) is 0 Å². The number of carboxylic acid groups (broad SMARTS) is 1. The number of carbonyl (C=O) groups is 2. The normalized spacial score (nSPS) is 24.4. The van der Waals surface area contributed by atoms with E-state index in [2.05, 4.69) is 19.2 Å². The molecular weight excluding hydrogens is 260 g/mol. The summed E-state index contributed by atoms with van der Waals surface area (Å²) in [5, 5.41) is 12.2. The maximum absolute atomic E-state index is 12.1. The van der Waals surface area contributed by atoms with Crippen LogP contribution in [0.4, 0.5) is 4.79 Å². The topological polar surface area (TPSA) is 78.9 Å². The van der Waals surface area contributed by atoms with Crippen molar-refractivity contribution in [1.29, 1.82) is 0 Å². The van der Waals surface area contributed by atoms with E-state index in [1.165, 1.54) is 0 Å². The molecule has 2 amide bonds. The lowest BCUT2D eigenvalue weighted by Crippen LogP contribution is -2.49. The van der Waals surface area contributed by atoms with E-state index in [9.17, 15) is 14.7 Å². The number of urea groups is 1. The molecular formula is C14H24N2O4. The molecule has 20 heavy (non-hydrogen) atoms. The number of hydrogen-bond donors (Lipinski definition) is 2. The maximum Gasteiger partial charge on any atom is 0.317 e. The molecule has 0 spiro atoms. The van der Waals surface area contributed by atoms with Crippen LogP contribution in [0.5, 0.6) is 0 Å². The molecule has 0 radical (unpaired) electrons. The minimum absolute atomic E-state index is 0.150. The number of amides is 2. The summed E-state index contributed by atoms with van der Waals surface area (Å²) in [5.74, 6) is -0.845. The van der Waals surface area contributed by atoms with Crippen LogP contribution in [0.3, 0.4) is 0 Å². The standard InChI is InChI=1S/C14H24N2O4/c1-13(2)3-6-16(10-13)12(19)15-9-14(11(17)18)4-7-20-8-5-14/h3-10H2,1-2H3,(H,15,19)(H,17,18). The third-order valence-corrected chi connectivity index (χ3v) is 4.45. The number of carboxylic acids is 1. The van der Waals surface area contributed by atoms with Crippen LogP contribution < -0.4 is 5.32 Å². The first kappa shape index (κ1) is 15.1. The van der Waals surface area contributed by atoms with Gasteiger partial charge in [-0.1, -0.05) is 13.8 Å². The second-order valence-electron chi connectivity index (χ2n) is 6.69. The summed E-state index contributed by atoms with van der Waals surface area (Å²) >= 11 is 0. The van der Waals surface area contributed by atoms with E-state index >= 15 is 0 Å². The Hall–Kier alpha value is -1.30. The second kappa shape index (κ2) is 5.60. The largest absolute Gasteiger partial charge is 0.481 e.